The van der Waals surface area contributed by atoms with Crippen LogP contribution < -0.4 is 0 Å². The molecule has 52 valence electrons. The van der Waals surface area contributed by atoms with Gasteiger partial charge in [-0.3, -0.25) is 4.79 Å². The number of carbonyl (C=O) groups excluding carboxylic acids is 1. The molecule has 0 saturated heterocycles. The van der Waals surface area contributed by atoms with Crippen LogP contribution in [0.4, 0.5) is 0 Å². The Morgan fingerprint density at radius 3 is 2.22 bits per heavy atom. The smallest absolute Gasteiger partial charge is 0.305 e. The summed E-state index contributed by atoms with van der Waals surface area (Å²) in [5, 5.41) is 8.75. The van der Waals surface area contributed by atoms with Gasteiger partial charge < -0.3 is 9.84 Å². The van der Waals surface area contributed by atoms with Crippen LogP contribution >= 0.6 is 0 Å². The highest BCUT2D eigenvalue weighted by Crippen LogP contribution is 1.98. The van der Waals surface area contributed by atoms with Crippen LogP contribution in [0.15, 0.2) is 12.2 Å². The number of ether oxygens (including phenoxy) is 1. The van der Waals surface area contributed by atoms with E-state index in [2.05, 4.69) is 11.3 Å². The Kier molecular flexibility index (Phi) is 2.95. The van der Waals surface area contributed by atoms with Gasteiger partial charge in [0.2, 0.25) is 6.29 Å². The fourth-order valence-corrected chi connectivity index (χ4v) is 0.258. The number of aliphatic hydroxyl groups excluding tert-OH is 1. The van der Waals surface area contributed by atoms with Crippen molar-refractivity contribution in [1.29, 1.82) is 0 Å². The molecule has 0 rings (SSSR count). The summed E-state index contributed by atoms with van der Waals surface area (Å²) in [4.78, 5) is 10.1. The predicted molar refractivity (Wildman–Crippen MR) is 32.6 cm³/mol. The molecule has 0 amide bonds. The van der Waals surface area contributed by atoms with Crippen molar-refractivity contribution in [2.45, 2.75) is 20.1 Å². The normalized spacial score (nSPS) is 12.3. The molecule has 0 spiro atoms. The van der Waals surface area contributed by atoms with E-state index in [0.29, 0.717) is 5.57 Å². The lowest BCUT2D eigenvalue weighted by Crippen LogP contribution is -2.15. The Morgan fingerprint density at radius 1 is 1.67 bits per heavy atom. The molecule has 0 aromatic rings. The molecule has 0 aliphatic carbocycles. The van der Waals surface area contributed by atoms with E-state index in [0.717, 1.165) is 0 Å². The second kappa shape index (κ2) is 3.25. The molecule has 0 aliphatic heterocycles. The largest absolute Gasteiger partial charge is 0.432 e. The first-order chi connectivity index (χ1) is 4.04. The number of hydrogen-bond donors (Lipinski definition) is 1. The average Bonchev–Trinajstić information content (AvgIpc) is 1.63. The van der Waals surface area contributed by atoms with Crippen LogP contribution in [-0.2, 0) is 9.53 Å². The van der Waals surface area contributed by atoms with Gasteiger partial charge in [0.1, 0.15) is 0 Å². The second-order valence-corrected chi connectivity index (χ2v) is 1.81. The first-order valence-electron chi connectivity index (χ1n) is 2.54. The highest BCUT2D eigenvalue weighted by atomic mass is 16.6. The summed E-state index contributed by atoms with van der Waals surface area (Å²) in [6.07, 6.45) is -1.15. The maximum Gasteiger partial charge on any atom is 0.305 e. The minimum atomic E-state index is -1.15. The molecule has 9 heavy (non-hydrogen) atoms. The highest BCUT2D eigenvalue weighted by Gasteiger charge is 2.05. The van der Waals surface area contributed by atoms with E-state index in [-0.39, 0.29) is 0 Å². The summed E-state index contributed by atoms with van der Waals surface area (Å²) < 4.78 is 4.33. The van der Waals surface area contributed by atoms with E-state index in [1.165, 1.54) is 6.92 Å². The predicted octanol–water partition coefficient (Wildman–Crippen LogP) is 0.444. The zero-order valence-electron chi connectivity index (χ0n) is 5.55. The van der Waals surface area contributed by atoms with Crippen LogP contribution in [0.1, 0.15) is 13.8 Å². The van der Waals surface area contributed by atoms with Gasteiger partial charge in [-0.15, -0.1) is 0 Å². The van der Waals surface area contributed by atoms with Gasteiger partial charge in [0, 0.05) is 6.92 Å². The maximum absolute atomic E-state index is 10.1. The quantitative estimate of drug-likeness (QED) is 0.335. The molecule has 0 saturated carbocycles. The molecule has 0 bridgehead atoms. The molecule has 1 unspecified atom stereocenters. The second-order valence-electron chi connectivity index (χ2n) is 1.81. The topological polar surface area (TPSA) is 46.5 Å². The lowest BCUT2D eigenvalue weighted by atomic mass is 10.3. The third-order valence-corrected chi connectivity index (χ3v) is 0.699. The summed E-state index contributed by atoms with van der Waals surface area (Å²) >= 11 is 0. The summed E-state index contributed by atoms with van der Waals surface area (Å²) in [5.74, 6) is -0.509. The molecule has 3 heteroatoms. The third-order valence-electron chi connectivity index (χ3n) is 0.699. The standard InChI is InChI=1S/C6H10O3/c1-4(2)6(8)9-5(3)7/h6,8H,1H2,2-3H3. The molecule has 1 atom stereocenters. The summed E-state index contributed by atoms with van der Waals surface area (Å²) in [6, 6.07) is 0. The molecule has 0 aromatic carbocycles. The number of esters is 1. The Hall–Kier alpha value is -0.830. The SMILES string of the molecule is C=C(C)C(O)OC(C)=O. The van der Waals surface area contributed by atoms with Gasteiger partial charge >= 0.3 is 5.97 Å². The van der Waals surface area contributed by atoms with Crippen molar-refractivity contribution in [3.63, 3.8) is 0 Å². The summed E-state index contributed by atoms with van der Waals surface area (Å²) in [7, 11) is 0. The number of rotatable bonds is 2. The van der Waals surface area contributed by atoms with E-state index < -0.39 is 12.3 Å². The van der Waals surface area contributed by atoms with E-state index >= 15 is 0 Å². The van der Waals surface area contributed by atoms with Crippen molar-refractivity contribution in [3.8, 4) is 0 Å². The van der Waals surface area contributed by atoms with E-state index in [4.69, 9.17) is 5.11 Å². The van der Waals surface area contributed by atoms with Gasteiger partial charge in [-0.05, 0) is 12.5 Å². The maximum atomic E-state index is 10.1. The Labute approximate surface area is 53.9 Å². The van der Waals surface area contributed by atoms with Crippen molar-refractivity contribution >= 4 is 5.97 Å². The Bertz CT molecular complexity index is 128. The van der Waals surface area contributed by atoms with E-state index in [1.54, 1.807) is 6.92 Å². The molecule has 0 aromatic heterocycles. The van der Waals surface area contributed by atoms with Crippen LogP contribution in [-0.4, -0.2) is 17.4 Å². The molecular weight excluding hydrogens is 120 g/mol. The summed E-state index contributed by atoms with van der Waals surface area (Å²) in [6.45, 7) is 6.19. The lowest BCUT2D eigenvalue weighted by molar-refractivity contribution is -0.159. The van der Waals surface area contributed by atoms with Crippen molar-refractivity contribution in [2.24, 2.45) is 0 Å². The zero-order chi connectivity index (χ0) is 7.44. The minimum Gasteiger partial charge on any atom is -0.432 e. The van der Waals surface area contributed by atoms with Crippen LogP contribution in [0.2, 0.25) is 0 Å². The summed E-state index contributed by atoms with van der Waals surface area (Å²) in [5.41, 5.74) is 0.421. The fourth-order valence-electron chi connectivity index (χ4n) is 0.258. The van der Waals surface area contributed by atoms with Crippen LogP contribution in [0.3, 0.4) is 0 Å². The molecule has 3 nitrogen and oxygen atoms in total. The van der Waals surface area contributed by atoms with Crippen molar-refractivity contribution in [1.82, 2.24) is 0 Å². The highest BCUT2D eigenvalue weighted by molar-refractivity contribution is 5.66. The van der Waals surface area contributed by atoms with Gasteiger partial charge in [-0.25, -0.2) is 0 Å². The van der Waals surface area contributed by atoms with Crippen LogP contribution in [0.25, 0.3) is 0 Å². The van der Waals surface area contributed by atoms with Crippen molar-refractivity contribution in [2.75, 3.05) is 0 Å². The number of aliphatic hydroxyl groups is 1. The minimum absolute atomic E-state index is 0.421. The fraction of sp³-hybridized carbons (Fsp3) is 0.500. The Morgan fingerprint density at radius 2 is 2.11 bits per heavy atom. The van der Waals surface area contributed by atoms with Gasteiger partial charge in [0.15, 0.2) is 0 Å². The van der Waals surface area contributed by atoms with Gasteiger partial charge in [-0.2, -0.15) is 0 Å². The average molecular weight is 130 g/mol. The van der Waals surface area contributed by atoms with Gasteiger partial charge in [0.05, 0.1) is 0 Å². The van der Waals surface area contributed by atoms with Crippen molar-refractivity contribution in [3.05, 3.63) is 12.2 Å². The van der Waals surface area contributed by atoms with E-state index in [9.17, 15) is 4.79 Å². The lowest BCUT2D eigenvalue weighted by Gasteiger charge is -2.08. The molecule has 0 fully saturated rings. The first-order valence-corrected chi connectivity index (χ1v) is 2.54. The zero-order valence-corrected chi connectivity index (χ0v) is 5.55. The van der Waals surface area contributed by atoms with Gasteiger partial charge in [0.25, 0.3) is 0 Å². The number of hydrogen-bond acceptors (Lipinski definition) is 3. The molecule has 0 heterocycles. The molecular formula is C6H10O3. The molecule has 1 N–H and O–H groups in total. The van der Waals surface area contributed by atoms with Crippen LogP contribution in [0.5, 0.6) is 0 Å². The molecule has 0 radical (unpaired) electrons. The number of carbonyl (C=O) groups is 1. The Balaban J connectivity index is 3.63. The van der Waals surface area contributed by atoms with Crippen molar-refractivity contribution < 1.29 is 14.6 Å². The first kappa shape index (κ1) is 8.17. The third kappa shape index (κ3) is 3.73. The monoisotopic (exact) mass is 130 g/mol. The molecule has 0 aliphatic rings. The van der Waals surface area contributed by atoms with Gasteiger partial charge in [-0.1, -0.05) is 6.58 Å². The van der Waals surface area contributed by atoms with Crippen LogP contribution in [0, 0.1) is 0 Å². The van der Waals surface area contributed by atoms with E-state index in [1.807, 2.05) is 0 Å².